The molecule has 8 heteroatoms. The Balaban J connectivity index is 1.59. The van der Waals surface area contributed by atoms with Crippen molar-refractivity contribution >= 4 is 21.6 Å². The van der Waals surface area contributed by atoms with Gasteiger partial charge in [-0.2, -0.15) is 4.31 Å². The Hall–Kier alpha value is -2.42. The molecule has 32 heavy (non-hydrogen) atoms. The van der Waals surface area contributed by atoms with Gasteiger partial charge in [-0.1, -0.05) is 12.1 Å². The second-order valence-electron chi connectivity index (χ2n) is 8.53. The number of nitrogens with zero attached hydrogens (tertiary/aromatic N) is 2. The zero-order chi connectivity index (χ0) is 23.3. The topological polar surface area (TPSA) is 79.0 Å². The number of hydrogen-bond acceptors (Lipinski definition) is 5. The van der Waals surface area contributed by atoms with E-state index in [1.165, 1.54) is 0 Å². The third kappa shape index (κ3) is 5.88. The van der Waals surface area contributed by atoms with Crippen molar-refractivity contribution in [2.45, 2.75) is 50.6 Å². The number of anilines is 1. The number of ether oxygens (including phenoxy) is 1. The van der Waals surface area contributed by atoms with Crippen LogP contribution in [0.1, 0.15) is 32.3 Å². The van der Waals surface area contributed by atoms with Crippen molar-refractivity contribution in [1.29, 1.82) is 0 Å². The Bertz CT molecular complexity index is 1010. The molecule has 1 fully saturated rings. The number of sulfonamides is 1. The van der Waals surface area contributed by atoms with Crippen LogP contribution < -0.4 is 10.1 Å². The third-order valence-corrected chi connectivity index (χ3v) is 7.86. The van der Waals surface area contributed by atoms with Crippen molar-refractivity contribution in [1.82, 2.24) is 9.21 Å². The Morgan fingerprint density at radius 2 is 1.81 bits per heavy atom. The number of benzene rings is 2. The van der Waals surface area contributed by atoms with Gasteiger partial charge in [-0.05, 0) is 75.6 Å². The lowest BCUT2D eigenvalue weighted by Crippen LogP contribution is -2.51. The molecule has 1 amide bonds. The van der Waals surface area contributed by atoms with Gasteiger partial charge in [0.05, 0.1) is 18.6 Å². The molecule has 0 saturated carbocycles. The van der Waals surface area contributed by atoms with Gasteiger partial charge in [0.1, 0.15) is 5.75 Å². The maximum absolute atomic E-state index is 13.4. The van der Waals surface area contributed by atoms with Gasteiger partial charge < -0.3 is 10.1 Å². The first-order valence-electron chi connectivity index (χ1n) is 11.0. The Kier molecular flexibility index (Phi) is 7.92. The van der Waals surface area contributed by atoms with Crippen molar-refractivity contribution in [3.8, 4) is 5.75 Å². The maximum Gasteiger partial charge on any atom is 0.243 e. The zero-order valence-corrected chi connectivity index (χ0v) is 20.1. The minimum atomic E-state index is -3.58. The fourth-order valence-electron chi connectivity index (χ4n) is 4.20. The summed E-state index contributed by atoms with van der Waals surface area (Å²) in [4.78, 5) is 14.9. The first kappa shape index (κ1) is 24.2. The van der Waals surface area contributed by atoms with Crippen molar-refractivity contribution in [3.05, 3.63) is 54.1 Å². The van der Waals surface area contributed by atoms with Crippen LogP contribution >= 0.6 is 0 Å². The average molecular weight is 460 g/mol. The van der Waals surface area contributed by atoms with Crippen LogP contribution in [0.5, 0.6) is 5.75 Å². The number of nitrogens with one attached hydrogen (secondary N) is 1. The highest BCUT2D eigenvalue weighted by Crippen LogP contribution is 2.27. The van der Waals surface area contributed by atoms with Crippen molar-refractivity contribution < 1.29 is 17.9 Å². The number of amides is 1. The number of hydrogen-bond donors (Lipinski definition) is 1. The predicted octanol–water partition coefficient (Wildman–Crippen LogP) is 3.51. The summed E-state index contributed by atoms with van der Waals surface area (Å²) in [7, 11) is -1.98. The lowest BCUT2D eigenvalue weighted by molar-refractivity contribution is -0.117. The molecule has 1 N–H and O–H groups in total. The van der Waals surface area contributed by atoms with Gasteiger partial charge in [-0.15, -0.1) is 0 Å². The normalized spacial score (nSPS) is 15.8. The summed E-state index contributed by atoms with van der Waals surface area (Å²) in [5, 5.41) is 2.90. The largest absolute Gasteiger partial charge is 0.497 e. The number of carbonyl (C=O) groups excluding carboxylic acids is 1. The molecular formula is C24H33N3O4S. The van der Waals surface area contributed by atoms with E-state index in [4.69, 9.17) is 4.74 Å². The minimum absolute atomic E-state index is 0.0817. The lowest BCUT2D eigenvalue weighted by Gasteiger charge is -2.39. The molecule has 1 aliphatic heterocycles. The molecule has 0 bridgehead atoms. The van der Waals surface area contributed by atoms with Crippen LogP contribution in [-0.4, -0.2) is 62.4 Å². The van der Waals surface area contributed by atoms with E-state index in [0.717, 1.165) is 17.0 Å². The van der Waals surface area contributed by atoms with Gasteiger partial charge in [-0.25, -0.2) is 8.42 Å². The number of methoxy groups -OCH3 is 1. The number of rotatable bonds is 8. The van der Waals surface area contributed by atoms with E-state index in [1.807, 2.05) is 26.8 Å². The highest BCUT2D eigenvalue weighted by Gasteiger charge is 2.35. The van der Waals surface area contributed by atoms with Crippen LogP contribution in [0.15, 0.2) is 53.4 Å². The van der Waals surface area contributed by atoms with Crippen LogP contribution in [0.2, 0.25) is 0 Å². The van der Waals surface area contributed by atoms with E-state index >= 15 is 0 Å². The summed E-state index contributed by atoms with van der Waals surface area (Å²) in [5.74, 6) is 0.655. The van der Waals surface area contributed by atoms with Gasteiger partial charge in [0, 0.05) is 30.9 Å². The van der Waals surface area contributed by atoms with E-state index < -0.39 is 10.0 Å². The van der Waals surface area contributed by atoms with Crippen molar-refractivity contribution in [3.63, 3.8) is 0 Å². The van der Waals surface area contributed by atoms with E-state index in [2.05, 4.69) is 10.2 Å². The van der Waals surface area contributed by atoms with Crippen molar-refractivity contribution in [2.24, 2.45) is 0 Å². The summed E-state index contributed by atoms with van der Waals surface area (Å²) in [6.45, 7) is 7.36. The molecule has 0 atom stereocenters. The molecule has 174 valence electrons. The fourth-order valence-corrected chi connectivity index (χ4v) is 6.19. The second-order valence-corrected chi connectivity index (χ2v) is 10.4. The van der Waals surface area contributed by atoms with E-state index in [0.29, 0.717) is 30.8 Å². The fraction of sp³-hybridized carbons (Fsp3) is 0.458. The van der Waals surface area contributed by atoms with Gasteiger partial charge in [0.2, 0.25) is 15.9 Å². The molecular weight excluding hydrogens is 426 g/mol. The predicted molar refractivity (Wildman–Crippen MR) is 126 cm³/mol. The Morgan fingerprint density at radius 1 is 1.16 bits per heavy atom. The standard InChI is InChI=1S/C24H33N3O4S/c1-18(2)27(32(29,30)23-7-5-6-19(3)16-23)21-12-14-26(15-13-21)17-24(28)25-20-8-10-22(31-4)11-9-20/h5-11,16,18,21H,12-15,17H2,1-4H3,(H,25,28). The summed E-state index contributed by atoms with van der Waals surface area (Å²) in [6, 6.07) is 14.1. The highest BCUT2D eigenvalue weighted by molar-refractivity contribution is 7.89. The average Bonchev–Trinajstić information content (AvgIpc) is 2.75. The van der Waals surface area contributed by atoms with E-state index in [9.17, 15) is 13.2 Å². The van der Waals surface area contributed by atoms with Gasteiger partial charge in [0.25, 0.3) is 0 Å². The summed E-state index contributed by atoms with van der Waals surface area (Å²) >= 11 is 0. The number of likely N-dealkylation sites (tertiary alicyclic amines) is 1. The quantitative estimate of drug-likeness (QED) is 0.654. The van der Waals surface area contributed by atoms with Crippen LogP contribution in [0.3, 0.4) is 0 Å². The number of aryl methyl sites for hydroxylation is 1. The molecule has 2 aromatic rings. The summed E-state index contributed by atoms with van der Waals surface area (Å²) < 4.78 is 33.5. The third-order valence-electron chi connectivity index (χ3n) is 5.73. The van der Waals surface area contributed by atoms with Crippen LogP contribution in [0.25, 0.3) is 0 Å². The highest BCUT2D eigenvalue weighted by atomic mass is 32.2. The van der Waals surface area contributed by atoms with Gasteiger partial charge in [-0.3, -0.25) is 9.69 Å². The maximum atomic E-state index is 13.4. The molecule has 0 radical (unpaired) electrons. The molecule has 7 nitrogen and oxygen atoms in total. The molecule has 3 rings (SSSR count). The van der Waals surface area contributed by atoms with Crippen molar-refractivity contribution in [2.75, 3.05) is 32.1 Å². The SMILES string of the molecule is COc1ccc(NC(=O)CN2CCC(N(C(C)C)S(=O)(=O)c3cccc(C)c3)CC2)cc1. The first-order valence-corrected chi connectivity index (χ1v) is 12.4. The monoisotopic (exact) mass is 459 g/mol. The molecule has 2 aromatic carbocycles. The zero-order valence-electron chi connectivity index (χ0n) is 19.2. The number of piperidine rings is 1. The second kappa shape index (κ2) is 10.5. The molecule has 0 aromatic heterocycles. The van der Waals surface area contributed by atoms with Crippen LogP contribution in [-0.2, 0) is 14.8 Å². The van der Waals surface area contributed by atoms with Crippen LogP contribution in [0.4, 0.5) is 5.69 Å². The molecule has 1 aliphatic rings. The molecule has 1 saturated heterocycles. The molecule has 0 aliphatic carbocycles. The first-order chi connectivity index (χ1) is 15.2. The number of carbonyl (C=O) groups is 1. The van der Waals surface area contributed by atoms with Gasteiger partial charge >= 0.3 is 0 Å². The smallest absolute Gasteiger partial charge is 0.243 e. The van der Waals surface area contributed by atoms with Crippen LogP contribution in [0, 0.1) is 6.92 Å². The minimum Gasteiger partial charge on any atom is -0.497 e. The Labute approximate surface area is 191 Å². The van der Waals surface area contributed by atoms with Gasteiger partial charge in [0.15, 0.2) is 0 Å². The summed E-state index contributed by atoms with van der Waals surface area (Å²) in [6.07, 6.45) is 1.39. The molecule has 0 spiro atoms. The van der Waals surface area contributed by atoms with E-state index in [1.54, 1.807) is 53.9 Å². The summed E-state index contributed by atoms with van der Waals surface area (Å²) in [5.41, 5.74) is 1.65. The molecule has 0 unspecified atom stereocenters. The lowest BCUT2D eigenvalue weighted by atomic mass is 10.0. The van der Waals surface area contributed by atoms with E-state index in [-0.39, 0.29) is 24.5 Å². The molecule has 1 heterocycles. The Morgan fingerprint density at radius 3 is 2.38 bits per heavy atom.